The first kappa shape index (κ1) is 17.1. The molecule has 0 N–H and O–H groups in total. The van der Waals surface area contributed by atoms with Crippen molar-refractivity contribution in [2.45, 2.75) is 16.2 Å². The fraction of sp³-hybridized carbons (Fsp3) is 0.118. The van der Waals surface area contributed by atoms with Crippen LogP contribution in [0.4, 0.5) is 0 Å². The Hall–Kier alpha value is -1.76. The zero-order valence-corrected chi connectivity index (χ0v) is 14.9. The predicted octanol–water partition coefficient (Wildman–Crippen LogP) is 3.94. The van der Waals surface area contributed by atoms with E-state index in [2.05, 4.69) is 0 Å². The number of benzene rings is 2. The molecule has 1 heterocycles. The Kier molecular flexibility index (Phi) is 4.99. The number of hydrogen-bond donors (Lipinski definition) is 0. The van der Waals surface area contributed by atoms with Gasteiger partial charge in [0.15, 0.2) is 0 Å². The van der Waals surface area contributed by atoms with Crippen LogP contribution in [0.1, 0.15) is 6.42 Å². The fourth-order valence-corrected chi connectivity index (χ4v) is 4.73. The standard InChI is InChI=1S/C17H14ClNO3S2/c18-13-6-8-16(9-7-13)24(21,22)19-11-10-15(12-17(19)20)23-14-4-2-1-3-5-14/h1-9,12H,10-11H2. The molecule has 0 radical (unpaired) electrons. The lowest BCUT2D eigenvalue weighted by molar-refractivity contribution is -0.122. The molecule has 7 heteroatoms. The highest BCUT2D eigenvalue weighted by Crippen LogP contribution is 2.32. The molecule has 0 spiro atoms. The monoisotopic (exact) mass is 379 g/mol. The topological polar surface area (TPSA) is 54.5 Å². The summed E-state index contributed by atoms with van der Waals surface area (Å²) in [7, 11) is -3.85. The summed E-state index contributed by atoms with van der Waals surface area (Å²) in [5.41, 5.74) is 0. The van der Waals surface area contributed by atoms with Gasteiger partial charge in [-0.1, -0.05) is 41.6 Å². The number of nitrogens with zero attached hydrogens (tertiary/aromatic N) is 1. The summed E-state index contributed by atoms with van der Waals surface area (Å²) in [5, 5.41) is 0.445. The quantitative estimate of drug-likeness (QED) is 0.807. The number of hydrogen-bond acceptors (Lipinski definition) is 4. The van der Waals surface area contributed by atoms with Crippen LogP contribution in [0.2, 0.25) is 5.02 Å². The van der Waals surface area contributed by atoms with Crippen molar-refractivity contribution in [3.8, 4) is 0 Å². The van der Waals surface area contributed by atoms with Gasteiger partial charge in [-0.3, -0.25) is 4.79 Å². The van der Waals surface area contributed by atoms with Crippen LogP contribution in [0.25, 0.3) is 0 Å². The van der Waals surface area contributed by atoms with Crippen molar-refractivity contribution in [1.29, 1.82) is 0 Å². The molecule has 2 aromatic rings. The maximum absolute atomic E-state index is 12.6. The predicted molar refractivity (Wildman–Crippen MR) is 95.3 cm³/mol. The molecule has 124 valence electrons. The van der Waals surface area contributed by atoms with Gasteiger partial charge in [0.05, 0.1) is 4.90 Å². The van der Waals surface area contributed by atoms with Crippen LogP contribution in [0, 0.1) is 0 Å². The van der Waals surface area contributed by atoms with Crippen molar-refractivity contribution < 1.29 is 13.2 Å². The van der Waals surface area contributed by atoms with E-state index in [1.54, 1.807) is 0 Å². The van der Waals surface area contributed by atoms with Gasteiger partial charge >= 0.3 is 0 Å². The van der Waals surface area contributed by atoms with Crippen LogP contribution in [0.5, 0.6) is 0 Å². The Morgan fingerprint density at radius 2 is 1.67 bits per heavy atom. The zero-order chi connectivity index (χ0) is 17.2. The third-order valence-corrected chi connectivity index (χ3v) is 6.64. The first-order valence-electron chi connectivity index (χ1n) is 7.22. The molecule has 3 rings (SSSR count). The highest BCUT2D eigenvalue weighted by Gasteiger charge is 2.31. The van der Waals surface area contributed by atoms with E-state index in [1.165, 1.54) is 42.1 Å². The molecule has 0 aliphatic carbocycles. The van der Waals surface area contributed by atoms with E-state index in [4.69, 9.17) is 11.6 Å². The average molecular weight is 380 g/mol. The fourth-order valence-electron chi connectivity index (χ4n) is 2.30. The molecule has 1 amide bonds. The van der Waals surface area contributed by atoms with Crippen LogP contribution in [-0.2, 0) is 14.8 Å². The molecular weight excluding hydrogens is 366 g/mol. The van der Waals surface area contributed by atoms with E-state index < -0.39 is 15.9 Å². The Balaban J connectivity index is 1.80. The maximum atomic E-state index is 12.6. The molecule has 0 atom stereocenters. The Bertz CT molecular complexity index is 878. The smallest absolute Gasteiger partial charge is 0.266 e. The summed E-state index contributed by atoms with van der Waals surface area (Å²) in [6, 6.07) is 15.5. The minimum absolute atomic E-state index is 0.0628. The largest absolute Gasteiger partial charge is 0.269 e. The third kappa shape index (κ3) is 3.66. The van der Waals surface area contributed by atoms with Crippen LogP contribution in [0.3, 0.4) is 0 Å². The summed E-state index contributed by atoms with van der Waals surface area (Å²) in [6.45, 7) is 0.134. The van der Waals surface area contributed by atoms with Crippen molar-refractivity contribution in [3.05, 3.63) is 70.6 Å². The lowest BCUT2D eigenvalue weighted by atomic mass is 10.3. The molecule has 0 saturated heterocycles. The van der Waals surface area contributed by atoms with E-state index in [9.17, 15) is 13.2 Å². The summed E-state index contributed by atoms with van der Waals surface area (Å²) < 4.78 is 26.1. The third-order valence-electron chi connectivity index (χ3n) is 3.49. The van der Waals surface area contributed by atoms with Gasteiger partial charge in [0.25, 0.3) is 15.9 Å². The van der Waals surface area contributed by atoms with Gasteiger partial charge in [0.2, 0.25) is 0 Å². The molecule has 4 nitrogen and oxygen atoms in total. The molecule has 1 aliphatic rings. The van der Waals surface area contributed by atoms with Gasteiger partial charge in [-0.25, -0.2) is 12.7 Å². The second kappa shape index (κ2) is 7.01. The second-order valence-electron chi connectivity index (χ2n) is 5.15. The van der Waals surface area contributed by atoms with Gasteiger partial charge in [0.1, 0.15) is 0 Å². The lowest BCUT2D eigenvalue weighted by Crippen LogP contribution is -2.38. The average Bonchev–Trinajstić information content (AvgIpc) is 2.56. The van der Waals surface area contributed by atoms with Crippen LogP contribution >= 0.6 is 23.4 Å². The van der Waals surface area contributed by atoms with Crippen molar-refractivity contribution in [2.24, 2.45) is 0 Å². The molecule has 0 fully saturated rings. The minimum atomic E-state index is -3.85. The van der Waals surface area contributed by atoms with Crippen molar-refractivity contribution in [2.75, 3.05) is 6.54 Å². The van der Waals surface area contributed by atoms with Crippen LogP contribution in [-0.4, -0.2) is 25.2 Å². The number of carbonyl (C=O) groups excluding carboxylic acids is 1. The lowest BCUT2D eigenvalue weighted by Gasteiger charge is -2.25. The highest BCUT2D eigenvalue weighted by atomic mass is 35.5. The van der Waals surface area contributed by atoms with E-state index in [0.717, 1.165) is 14.1 Å². The maximum Gasteiger partial charge on any atom is 0.266 e. The van der Waals surface area contributed by atoms with Crippen molar-refractivity contribution in [1.82, 2.24) is 4.31 Å². The molecule has 0 aromatic heterocycles. The minimum Gasteiger partial charge on any atom is -0.269 e. The van der Waals surface area contributed by atoms with Gasteiger partial charge in [0, 0.05) is 22.5 Å². The zero-order valence-electron chi connectivity index (χ0n) is 12.6. The van der Waals surface area contributed by atoms with E-state index in [1.807, 2.05) is 30.3 Å². The van der Waals surface area contributed by atoms with Crippen molar-refractivity contribution in [3.63, 3.8) is 0 Å². The molecule has 1 aliphatic heterocycles. The first-order valence-corrected chi connectivity index (χ1v) is 9.86. The van der Waals surface area contributed by atoms with Crippen LogP contribution in [0.15, 0.2) is 75.4 Å². The normalized spacial score (nSPS) is 15.3. The number of sulfonamides is 1. The van der Waals surface area contributed by atoms with E-state index >= 15 is 0 Å². The van der Waals surface area contributed by atoms with Gasteiger partial charge in [-0.2, -0.15) is 0 Å². The van der Waals surface area contributed by atoms with Crippen LogP contribution < -0.4 is 0 Å². The first-order chi connectivity index (χ1) is 11.5. The van der Waals surface area contributed by atoms with E-state index in [0.29, 0.717) is 11.4 Å². The summed E-state index contributed by atoms with van der Waals surface area (Å²) in [4.78, 5) is 14.2. The molecular formula is C17H14ClNO3S2. The summed E-state index contributed by atoms with van der Waals surface area (Å²) in [5.74, 6) is -0.519. The highest BCUT2D eigenvalue weighted by molar-refractivity contribution is 8.03. The Labute approximate surface area is 150 Å². The molecule has 0 unspecified atom stereocenters. The molecule has 0 bridgehead atoms. The molecule has 0 saturated carbocycles. The Morgan fingerprint density at radius 3 is 2.29 bits per heavy atom. The second-order valence-corrected chi connectivity index (χ2v) is 8.64. The van der Waals surface area contributed by atoms with E-state index in [-0.39, 0.29) is 11.4 Å². The summed E-state index contributed by atoms with van der Waals surface area (Å²) >= 11 is 7.26. The molecule has 24 heavy (non-hydrogen) atoms. The van der Waals surface area contributed by atoms with Gasteiger partial charge in [-0.15, -0.1) is 0 Å². The number of amides is 1. The van der Waals surface area contributed by atoms with Crippen molar-refractivity contribution >= 4 is 39.3 Å². The number of rotatable bonds is 4. The Morgan fingerprint density at radius 1 is 1.00 bits per heavy atom. The van der Waals surface area contributed by atoms with Gasteiger partial charge < -0.3 is 0 Å². The molecule has 2 aromatic carbocycles. The SMILES string of the molecule is O=C1C=C(Sc2ccccc2)CCN1S(=O)(=O)c1ccc(Cl)cc1. The number of halogens is 1. The number of thioether (sulfide) groups is 1. The number of carbonyl (C=O) groups is 1. The summed E-state index contributed by atoms with van der Waals surface area (Å²) in [6.07, 6.45) is 1.90. The van der Waals surface area contributed by atoms with Gasteiger partial charge in [-0.05, 0) is 47.7 Å².